The number of aromatic amines is 2. The zero-order valence-electron chi connectivity index (χ0n) is 22.6. The Morgan fingerprint density at radius 2 is 1.41 bits per heavy atom. The van der Waals surface area contributed by atoms with Gasteiger partial charge in [0.2, 0.25) is 17.7 Å². The van der Waals surface area contributed by atoms with E-state index in [0.717, 1.165) is 32.9 Å². The minimum atomic E-state index is -1.24. The summed E-state index contributed by atoms with van der Waals surface area (Å²) in [5, 5.41) is 19.5. The number of rotatable bonds is 14. The predicted molar refractivity (Wildman–Crippen MR) is 159 cm³/mol. The molecule has 0 unspecified atom stereocenters. The Balaban J connectivity index is 1.49. The Morgan fingerprint density at radius 3 is 1.98 bits per heavy atom. The second-order valence-electron chi connectivity index (χ2n) is 9.75. The number of aliphatic carboxylic acids is 1. The van der Waals surface area contributed by atoms with Crippen molar-refractivity contribution < 1.29 is 24.3 Å². The van der Waals surface area contributed by atoms with Crippen LogP contribution in [0.1, 0.15) is 17.5 Å². The number of carbonyl (C=O) groups excluding carboxylic acids is 3. The van der Waals surface area contributed by atoms with Gasteiger partial charge in [-0.05, 0) is 41.7 Å². The third-order valence-electron chi connectivity index (χ3n) is 6.86. The summed E-state index contributed by atoms with van der Waals surface area (Å²) in [4.78, 5) is 57.0. The Labute approximate surface area is 241 Å². The molecule has 12 heteroatoms. The van der Waals surface area contributed by atoms with Crippen molar-refractivity contribution in [3.05, 3.63) is 72.1 Å². The molecule has 8 N–H and O–H groups in total. The minimum absolute atomic E-state index is 0.0445. The van der Waals surface area contributed by atoms with Gasteiger partial charge in [0, 0.05) is 47.0 Å². The van der Waals surface area contributed by atoms with E-state index >= 15 is 0 Å². The van der Waals surface area contributed by atoms with E-state index in [1.165, 1.54) is 0 Å². The van der Waals surface area contributed by atoms with E-state index < -0.39 is 41.8 Å². The van der Waals surface area contributed by atoms with Gasteiger partial charge in [-0.2, -0.15) is 11.8 Å². The highest BCUT2D eigenvalue weighted by Crippen LogP contribution is 2.21. The number of hydrogen-bond donors (Lipinski definition) is 7. The summed E-state index contributed by atoms with van der Waals surface area (Å²) < 4.78 is 0. The number of carboxylic acids is 1. The molecule has 0 aliphatic heterocycles. The molecule has 3 atom stereocenters. The van der Waals surface area contributed by atoms with E-state index in [2.05, 4.69) is 25.9 Å². The molecule has 0 aliphatic rings. The molecule has 2 aromatic heterocycles. The number of benzene rings is 2. The first kappa shape index (κ1) is 29.7. The standard InChI is InChI=1S/C29H34N6O5S/c1-41-11-10-21(30)27(37)33-16-26(36)34-24(12-17-14-31-22-8-4-2-6-19(17)22)28(38)35-25(29(39)40)13-18-15-32-23-9-5-3-7-20(18)23/h2-9,14-15,21,24-25,31-32H,10-13,16,30H2,1H3,(H,33,37)(H,34,36)(H,35,38)(H,39,40)/t21-,24-,25-/m0/s1. The molecule has 0 bridgehead atoms. The van der Waals surface area contributed by atoms with E-state index in [1.807, 2.05) is 54.8 Å². The molecule has 0 radical (unpaired) electrons. The Morgan fingerprint density at radius 1 is 0.854 bits per heavy atom. The van der Waals surface area contributed by atoms with Crippen molar-refractivity contribution in [2.75, 3.05) is 18.6 Å². The van der Waals surface area contributed by atoms with Gasteiger partial charge in [-0.3, -0.25) is 14.4 Å². The van der Waals surface area contributed by atoms with Crippen LogP contribution in [0.2, 0.25) is 0 Å². The van der Waals surface area contributed by atoms with Gasteiger partial charge in [0.15, 0.2) is 0 Å². The largest absolute Gasteiger partial charge is 0.480 e. The van der Waals surface area contributed by atoms with E-state index in [9.17, 15) is 24.3 Å². The smallest absolute Gasteiger partial charge is 0.326 e. The predicted octanol–water partition coefficient (Wildman–Crippen LogP) is 1.69. The molecule has 0 spiro atoms. The van der Waals surface area contributed by atoms with Crippen molar-refractivity contribution in [2.24, 2.45) is 5.73 Å². The molecule has 0 saturated heterocycles. The Kier molecular flexibility index (Phi) is 10.0. The number of amides is 3. The van der Waals surface area contributed by atoms with Crippen molar-refractivity contribution in [3.8, 4) is 0 Å². The fourth-order valence-electron chi connectivity index (χ4n) is 4.64. The molecule has 0 aliphatic carbocycles. The van der Waals surface area contributed by atoms with Crippen LogP contribution in [0.4, 0.5) is 0 Å². The first-order valence-electron chi connectivity index (χ1n) is 13.2. The maximum Gasteiger partial charge on any atom is 0.326 e. The van der Waals surface area contributed by atoms with Gasteiger partial charge in [-0.25, -0.2) is 4.79 Å². The van der Waals surface area contributed by atoms with Gasteiger partial charge in [0.05, 0.1) is 12.6 Å². The lowest BCUT2D eigenvalue weighted by atomic mass is 10.0. The highest BCUT2D eigenvalue weighted by atomic mass is 32.2. The average molecular weight is 579 g/mol. The number of hydrogen-bond acceptors (Lipinski definition) is 6. The molecule has 4 rings (SSSR count). The molecule has 2 heterocycles. The number of para-hydroxylation sites is 2. The maximum absolute atomic E-state index is 13.5. The van der Waals surface area contributed by atoms with Gasteiger partial charge in [0.1, 0.15) is 12.1 Å². The number of nitrogens with one attached hydrogen (secondary N) is 5. The first-order chi connectivity index (χ1) is 19.8. The number of fused-ring (bicyclic) bond motifs is 2. The van der Waals surface area contributed by atoms with Gasteiger partial charge in [0.25, 0.3) is 0 Å². The second-order valence-corrected chi connectivity index (χ2v) is 10.7. The van der Waals surface area contributed by atoms with Gasteiger partial charge in [-0.15, -0.1) is 0 Å². The molecule has 0 fully saturated rings. The van der Waals surface area contributed by atoms with Crippen molar-refractivity contribution >= 4 is 57.3 Å². The minimum Gasteiger partial charge on any atom is -0.480 e. The number of nitrogens with two attached hydrogens (primary N) is 1. The van der Waals surface area contributed by atoms with E-state index in [0.29, 0.717) is 12.2 Å². The second kappa shape index (κ2) is 13.9. The van der Waals surface area contributed by atoms with Crippen LogP contribution in [0.25, 0.3) is 21.8 Å². The molecule has 216 valence electrons. The van der Waals surface area contributed by atoms with Crippen LogP contribution in [0, 0.1) is 0 Å². The lowest BCUT2D eigenvalue weighted by Gasteiger charge is -2.22. The van der Waals surface area contributed by atoms with Crippen LogP contribution in [0.5, 0.6) is 0 Å². The van der Waals surface area contributed by atoms with Crippen molar-refractivity contribution in [3.63, 3.8) is 0 Å². The first-order valence-corrected chi connectivity index (χ1v) is 14.6. The summed E-state index contributed by atoms with van der Waals surface area (Å²) in [6.45, 7) is -0.374. The highest BCUT2D eigenvalue weighted by Gasteiger charge is 2.28. The molecular formula is C29H34N6O5S. The third-order valence-corrected chi connectivity index (χ3v) is 7.50. The summed E-state index contributed by atoms with van der Waals surface area (Å²) in [6.07, 6.45) is 6.00. The summed E-state index contributed by atoms with van der Waals surface area (Å²) >= 11 is 1.56. The average Bonchev–Trinajstić information content (AvgIpc) is 3.57. The molecular weight excluding hydrogens is 544 g/mol. The third kappa shape index (κ3) is 7.68. The summed E-state index contributed by atoms with van der Waals surface area (Å²) in [6, 6.07) is 11.9. The number of carboxylic acid groups (broad SMARTS) is 1. The van der Waals surface area contributed by atoms with Gasteiger partial charge < -0.3 is 36.8 Å². The van der Waals surface area contributed by atoms with Gasteiger partial charge >= 0.3 is 5.97 Å². The molecule has 3 amide bonds. The summed E-state index contributed by atoms with van der Waals surface area (Å²) in [5.74, 6) is -2.21. The number of H-pyrrole nitrogens is 2. The summed E-state index contributed by atoms with van der Waals surface area (Å²) in [7, 11) is 0. The van der Waals surface area contributed by atoms with Crippen LogP contribution in [-0.4, -0.2) is 75.4 Å². The topological polar surface area (TPSA) is 182 Å². The maximum atomic E-state index is 13.5. The van der Waals surface area contributed by atoms with Crippen LogP contribution < -0.4 is 21.7 Å². The number of aromatic nitrogens is 2. The van der Waals surface area contributed by atoms with Crippen LogP contribution in [0.3, 0.4) is 0 Å². The molecule has 0 saturated carbocycles. The van der Waals surface area contributed by atoms with Crippen LogP contribution in [-0.2, 0) is 32.0 Å². The molecule has 41 heavy (non-hydrogen) atoms. The number of thioether (sulfide) groups is 1. The quantitative estimate of drug-likeness (QED) is 0.119. The van der Waals surface area contributed by atoms with Crippen molar-refractivity contribution in [1.29, 1.82) is 0 Å². The monoisotopic (exact) mass is 578 g/mol. The van der Waals surface area contributed by atoms with Crippen LogP contribution >= 0.6 is 11.8 Å². The fourth-order valence-corrected chi connectivity index (χ4v) is 5.13. The molecule has 2 aromatic carbocycles. The van der Waals surface area contributed by atoms with Crippen LogP contribution in [0.15, 0.2) is 60.9 Å². The lowest BCUT2D eigenvalue weighted by Crippen LogP contribution is -2.54. The van der Waals surface area contributed by atoms with E-state index in [4.69, 9.17) is 5.73 Å². The fraction of sp³-hybridized carbons (Fsp3) is 0.310. The number of carbonyl (C=O) groups is 4. The van der Waals surface area contributed by atoms with E-state index in [1.54, 1.807) is 24.2 Å². The van der Waals surface area contributed by atoms with Gasteiger partial charge in [-0.1, -0.05) is 36.4 Å². The summed E-state index contributed by atoms with van der Waals surface area (Å²) in [5.41, 5.74) is 9.11. The Bertz CT molecular complexity index is 1530. The van der Waals surface area contributed by atoms with Crippen molar-refractivity contribution in [2.45, 2.75) is 37.4 Å². The molecule has 4 aromatic rings. The zero-order valence-corrected chi connectivity index (χ0v) is 23.4. The lowest BCUT2D eigenvalue weighted by molar-refractivity contribution is -0.142. The zero-order chi connectivity index (χ0) is 29.4. The SMILES string of the molecule is CSCC[C@H](N)C(=O)NCC(=O)N[C@@H](Cc1c[nH]c2ccccc12)C(=O)N[C@@H](Cc1c[nH]c2ccccc12)C(=O)O. The highest BCUT2D eigenvalue weighted by molar-refractivity contribution is 7.98. The Hall–Kier alpha value is -4.29. The normalized spacial score (nSPS) is 13.4. The van der Waals surface area contributed by atoms with Crippen molar-refractivity contribution in [1.82, 2.24) is 25.9 Å². The molecule has 11 nitrogen and oxygen atoms in total. The van der Waals surface area contributed by atoms with E-state index in [-0.39, 0.29) is 19.4 Å².